The van der Waals surface area contributed by atoms with E-state index in [1.54, 1.807) is 12.0 Å². The van der Waals surface area contributed by atoms with Crippen LogP contribution in [0.5, 0.6) is 5.75 Å². The van der Waals surface area contributed by atoms with Gasteiger partial charge < -0.3 is 24.1 Å². The fraction of sp³-hybridized carbons (Fsp3) is 0.300. The lowest BCUT2D eigenvalue weighted by molar-refractivity contribution is 0.0677. The van der Waals surface area contributed by atoms with Gasteiger partial charge in [-0.05, 0) is 42.5 Å². The predicted molar refractivity (Wildman–Crippen MR) is 98.4 cm³/mol. The number of nitrogens with one attached hydrogen (secondary N) is 1. The van der Waals surface area contributed by atoms with E-state index in [0.717, 1.165) is 35.8 Å². The van der Waals surface area contributed by atoms with Crippen LogP contribution in [0, 0.1) is 0 Å². The van der Waals surface area contributed by atoms with Gasteiger partial charge >= 0.3 is 5.97 Å². The Bertz CT molecular complexity index is 995. The Hall–Kier alpha value is -3.22. The highest BCUT2D eigenvalue weighted by Crippen LogP contribution is 2.35. The third-order valence-electron chi connectivity index (χ3n) is 5.20. The maximum atomic E-state index is 12.5. The van der Waals surface area contributed by atoms with Crippen molar-refractivity contribution < 1.29 is 23.8 Å². The summed E-state index contributed by atoms with van der Waals surface area (Å²) in [5.41, 5.74) is 2.30. The number of amides is 1. The van der Waals surface area contributed by atoms with Gasteiger partial charge in [0.2, 0.25) is 0 Å². The number of hydrogen-bond donors (Lipinski definition) is 2. The molecule has 0 aliphatic carbocycles. The van der Waals surface area contributed by atoms with Gasteiger partial charge in [-0.2, -0.15) is 0 Å². The summed E-state index contributed by atoms with van der Waals surface area (Å²) in [4.78, 5) is 28.5. The van der Waals surface area contributed by atoms with Crippen molar-refractivity contribution in [2.75, 3.05) is 20.2 Å². The number of aromatic amines is 1. The second kappa shape index (κ2) is 6.83. The third kappa shape index (κ3) is 3.16. The molecule has 1 saturated heterocycles. The van der Waals surface area contributed by atoms with Gasteiger partial charge in [0.1, 0.15) is 12.0 Å². The molecule has 1 fully saturated rings. The Morgan fingerprint density at radius 3 is 2.70 bits per heavy atom. The summed E-state index contributed by atoms with van der Waals surface area (Å²) in [5.74, 6) is -0.125. The predicted octanol–water partition coefficient (Wildman–Crippen LogP) is 3.49. The molecular formula is C20H20N2O5. The van der Waals surface area contributed by atoms with Gasteiger partial charge in [0.05, 0.1) is 12.7 Å². The molecule has 2 aromatic heterocycles. The first kappa shape index (κ1) is 17.2. The molecule has 0 saturated carbocycles. The minimum Gasteiger partial charge on any atom is -0.497 e. The van der Waals surface area contributed by atoms with Crippen LogP contribution >= 0.6 is 0 Å². The van der Waals surface area contributed by atoms with Crippen LogP contribution in [0.25, 0.3) is 10.9 Å². The summed E-state index contributed by atoms with van der Waals surface area (Å²) in [6.45, 7) is 1.20. The van der Waals surface area contributed by atoms with Crippen molar-refractivity contribution in [1.29, 1.82) is 0 Å². The zero-order valence-corrected chi connectivity index (χ0v) is 14.9. The Kier molecular flexibility index (Phi) is 4.35. The van der Waals surface area contributed by atoms with E-state index in [9.17, 15) is 9.59 Å². The zero-order valence-electron chi connectivity index (χ0n) is 14.9. The number of nitrogens with zero attached hydrogens (tertiary/aromatic N) is 1. The van der Waals surface area contributed by atoms with E-state index in [1.165, 1.54) is 11.6 Å². The van der Waals surface area contributed by atoms with E-state index < -0.39 is 5.97 Å². The topological polar surface area (TPSA) is 95.8 Å². The molecule has 27 heavy (non-hydrogen) atoms. The van der Waals surface area contributed by atoms with E-state index in [4.69, 9.17) is 14.3 Å². The van der Waals surface area contributed by atoms with Gasteiger partial charge in [-0.1, -0.05) is 0 Å². The van der Waals surface area contributed by atoms with Crippen molar-refractivity contribution in [2.24, 2.45) is 0 Å². The van der Waals surface area contributed by atoms with Crippen molar-refractivity contribution >= 4 is 22.8 Å². The normalized spacial score (nSPS) is 15.2. The molecule has 3 aromatic rings. The lowest BCUT2D eigenvalue weighted by Crippen LogP contribution is -2.37. The number of H-pyrrole nitrogens is 1. The molecule has 2 N–H and O–H groups in total. The molecule has 7 heteroatoms. The van der Waals surface area contributed by atoms with E-state index >= 15 is 0 Å². The lowest BCUT2D eigenvalue weighted by atomic mass is 9.89. The maximum absolute atomic E-state index is 12.5. The van der Waals surface area contributed by atoms with Crippen LogP contribution in [0.4, 0.5) is 0 Å². The number of carboxylic acids is 1. The minimum atomic E-state index is -1.11. The summed E-state index contributed by atoms with van der Waals surface area (Å²) in [7, 11) is 1.65. The molecule has 7 nitrogen and oxygen atoms in total. The molecular weight excluding hydrogens is 348 g/mol. The van der Waals surface area contributed by atoms with Crippen LogP contribution in [0.15, 0.2) is 41.1 Å². The molecule has 0 atom stereocenters. The number of methoxy groups -OCH3 is 1. The average Bonchev–Trinajstić information content (AvgIpc) is 3.34. The largest absolute Gasteiger partial charge is 0.497 e. The molecule has 4 rings (SSSR count). The van der Waals surface area contributed by atoms with Crippen LogP contribution in [-0.2, 0) is 0 Å². The minimum absolute atomic E-state index is 0.0130. The number of aromatic nitrogens is 1. The molecule has 0 radical (unpaired) electrons. The van der Waals surface area contributed by atoms with Crippen molar-refractivity contribution in [3.05, 3.63) is 53.6 Å². The van der Waals surface area contributed by atoms with Crippen LogP contribution in [0.1, 0.15) is 45.2 Å². The van der Waals surface area contributed by atoms with Gasteiger partial charge in [-0.15, -0.1) is 0 Å². The van der Waals surface area contributed by atoms with Gasteiger partial charge in [0.25, 0.3) is 5.91 Å². The lowest BCUT2D eigenvalue weighted by Gasteiger charge is -2.31. The molecule has 1 aromatic carbocycles. The van der Waals surface area contributed by atoms with Crippen LogP contribution < -0.4 is 4.74 Å². The van der Waals surface area contributed by atoms with Gasteiger partial charge in [0.15, 0.2) is 5.76 Å². The summed E-state index contributed by atoms with van der Waals surface area (Å²) in [5, 5.41) is 10.1. The second-order valence-corrected chi connectivity index (χ2v) is 6.73. The number of ether oxygens (including phenoxy) is 1. The van der Waals surface area contributed by atoms with Crippen LogP contribution in [0.2, 0.25) is 0 Å². The molecule has 0 bridgehead atoms. The van der Waals surface area contributed by atoms with E-state index in [-0.39, 0.29) is 17.2 Å². The fourth-order valence-corrected chi connectivity index (χ4v) is 3.70. The Balaban J connectivity index is 1.47. The number of carbonyl (C=O) groups excluding carboxylic acids is 1. The molecule has 1 amide bonds. The third-order valence-corrected chi connectivity index (χ3v) is 5.20. The zero-order chi connectivity index (χ0) is 19.0. The summed E-state index contributed by atoms with van der Waals surface area (Å²) in [6, 6.07) is 7.25. The highest BCUT2D eigenvalue weighted by Gasteiger charge is 2.28. The summed E-state index contributed by atoms with van der Waals surface area (Å²) >= 11 is 0. The molecule has 140 valence electrons. The first-order valence-electron chi connectivity index (χ1n) is 8.83. The monoisotopic (exact) mass is 368 g/mol. The number of benzene rings is 1. The average molecular weight is 368 g/mol. The number of carbonyl (C=O) groups is 2. The highest BCUT2D eigenvalue weighted by atomic mass is 16.5. The Morgan fingerprint density at radius 2 is 2.04 bits per heavy atom. The molecule has 1 aliphatic rings. The Labute approximate surface area is 155 Å². The van der Waals surface area contributed by atoms with E-state index in [1.807, 2.05) is 24.4 Å². The summed E-state index contributed by atoms with van der Waals surface area (Å²) in [6.07, 6.45) is 4.81. The highest BCUT2D eigenvalue weighted by molar-refractivity contribution is 5.95. The number of furan rings is 1. The molecule has 1 aliphatic heterocycles. The van der Waals surface area contributed by atoms with Crippen molar-refractivity contribution in [3.63, 3.8) is 0 Å². The molecule has 0 spiro atoms. The van der Waals surface area contributed by atoms with Crippen molar-refractivity contribution in [3.8, 4) is 5.75 Å². The summed E-state index contributed by atoms with van der Waals surface area (Å²) < 4.78 is 10.5. The number of piperidine rings is 1. The number of rotatable bonds is 4. The van der Waals surface area contributed by atoms with E-state index in [2.05, 4.69) is 4.98 Å². The first-order chi connectivity index (χ1) is 13.1. The van der Waals surface area contributed by atoms with E-state index in [0.29, 0.717) is 19.0 Å². The number of fused-ring (bicyclic) bond motifs is 1. The number of aromatic carboxylic acids is 1. The van der Waals surface area contributed by atoms with Crippen molar-refractivity contribution in [2.45, 2.75) is 18.8 Å². The van der Waals surface area contributed by atoms with Crippen LogP contribution in [0.3, 0.4) is 0 Å². The van der Waals surface area contributed by atoms with Crippen LogP contribution in [-0.4, -0.2) is 47.1 Å². The van der Waals surface area contributed by atoms with Gasteiger partial charge in [0, 0.05) is 36.3 Å². The standard InChI is InChI=1S/C20H20N2O5/c1-26-14-2-3-17-15(9-14)16(10-21-17)12-4-6-22(7-5-12)19(23)18-8-13(11-27-18)20(24)25/h2-3,8-12,21H,4-7H2,1H3,(H,24,25). The number of hydrogen-bond acceptors (Lipinski definition) is 4. The second-order valence-electron chi connectivity index (χ2n) is 6.73. The first-order valence-corrected chi connectivity index (χ1v) is 8.83. The van der Waals surface area contributed by atoms with Crippen molar-refractivity contribution in [1.82, 2.24) is 9.88 Å². The number of likely N-dealkylation sites (tertiary alicyclic amines) is 1. The maximum Gasteiger partial charge on any atom is 0.338 e. The Morgan fingerprint density at radius 1 is 1.26 bits per heavy atom. The SMILES string of the molecule is COc1ccc2[nH]cc(C3CCN(C(=O)c4cc(C(=O)O)co4)CC3)c2c1. The molecule has 0 unspecified atom stereocenters. The fourth-order valence-electron chi connectivity index (χ4n) is 3.70. The van der Waals surface area contributed by atoms with Gasteiger partial charge in [-0.25, -0.2) is 4.79 Å². The number of carboxylic acid groups (broad SMARTS) is 1. The quantitative estimate of drug-likeness (QED) is 0.735. The van der Waals surface area contributed by atoms with Gasteiger partial charge in [-0.3, -0.25) is 4.79 Å². The smallest absolute Gasteiger partial charge is 0.338 e. The molecule has 3 heterocycles.